The molecule has 0 aromatic heterocycles. The predicted octanol–water partition coefficient (Wildman–Crippen LogP) is 2.53. The van der Waals surface area contributed by atoms with Crippen LogP contribution in [0.2, 0.25) is 0 Å². The van der Waals surface area contributed by atoms with Gasteiger partial charge in [-0.3, -0.25) is 4.79 Å². The number of benzene rings is 1. The molecular weight excluding hydrogens is 310 g/mol. The minimum Gasteiger partial charge on any atom is -0.507 e. The van der Waals surface area contributed by atoms with Gasteiger partial charge >= 0.3 is 0 Å². The molecule has 0 atom stereocenters. The van der Waals surface area contributed by atoms with Gasteiger partial charge in [-0.1, -0.05) is 28.8 Å². The maximum Gasteiger partial charge on any atom is 0.257 e. The monoisotopic (exact) mass is 327 g/mol. The summed E-state index contributed by atoms with van der Waals surface area (Å²) in [6.45, 7) is 0.303. The van der Waals surface area contributed by atoms with Gasteiger partial charge < -0.3 is 15.1 Å². The first kappa shape index (κ1) is 14.3. The van der Waals surface area contributed by atoms with Crippen molar-refractivity contribution in [3.63, 3.8) is 0 Å². The van der Waals surface area contributed by atoms with Crippen molar-refractivity contribution in [1.82, 2.24) is 4.90 Å². The Hall–Kier alpha value is -1.07. The van der Waals surface area contributed by atoms with E-state index >= 15 is 0 Å². The van der Waals surface area contributed by atoms with Crippen LogP contribution in [0.5, 0.6) is 5.75 Å². The van der Waals surface area contributed by atoms with Gasteiger partial charge in [0.25, 0.3) is 5.91 Å². The molecule has 0 aliphatic heterocycles. The average Bonchev–Trinajstić information content (AvgIpc) is 2.78. The highest BCUT2D eigenvalue weighted by Crippen LogP contribution is 2.31. The Bertz CT molecular complexity index is 484. The quantitative estimate of drug-likeness (QED) is 0.896. The van der Waals surface area contributed by atoms with Crippen molar-refractivity contribution in [3.8, 4) is 5.75 Å². The van der Waals surface area contributed by atoms with E-state index in [0.717, 1.165) is 30.2 Å². The molecule has 0 spiro atoms. The van der Waals surface area contributed by atoms with Crippen molar-refractivity contribution >= 4 is 21.8 Å². The van der Waals surface area contributed by atoms with Crippen molar-refractivity contribution in [2.45, 2.75) is 31.3 Å². The van der Waals surface area contributed by atoms with E-state index in [1.165, 1.54) is 11.0 Å². The van der Waals surface area contributed by atoms with Crippen molar-refractivity contribution in [3.05, 3.63) is 28.2 Å². The molecule has 5 heteroatoms. The van der Waals surface area contributed by atoms with Crippen LogP contribution in [0, 0.1) is 0 Å². The zero-order chi connectivity index (χ0) is 14.0. The van der Waals surface area contributed by atoms with Gasteiger partial charge in [0.05, 0.1) is 11.2 Å². The summed E-state index contributed by atoms with van der Waals surface area (Å²) in [6, 6.07) is 4.75. The molecule has 19 heavy (non-hydrogen) atoms. The van der Waals surface area contributed by atoms with Crippen LogP contribution < -0.4 is 0 Å². The van der Waals surface area contributed by atoms with E-state index in [4.69, 9.17) is 0 Å². The first-order valence-electron chi connectivity index (χ1n) is 6.38. The van der Waals surface area contributed by atoms with E-state index in [1.807, 2.05) is 0 Å². The molecule has 0 saturated heterocycles. The third-order valence-corrected chi connectivity index (χ3v) is 4.09. The molecule has 1 aliphatic rings. The summed E-state index contributed by atoms with van der Waals surface area (Å²) in [5.74, 6) is -0.322. The molecule has 2 rings (SSSR count). The summed E-state index contributed by atoms with van der Waals surface area (Å²) in [7, 11) is 1.65. The molecular formula is C14H18BrNO3. The molecule has 2 N–H and O–H groups in total. The number of amides is 1. The van der Waals surface area contributed by atoms with Gasteiger partial charge in [-0.2, -0.15) is 0 Å². The lowest BCUT2D eigenvalue weighted by Gasteiger charge is -2.28. The number of rotatable bonds is 3. The first-order chi connectivity index (χ1) is 8.91. The molecule has 1 fully saturated rings. The molecule has 1 aromatic rings. The smallest absolute Gasteiger partial charge is 0.257 e. The van der Waals surface area contributed by atoms with E-state index in [2.05, 4.69) is 15.9 Å². The van der Waals surface area contributed by atoms with Gasteiger partial charge in [0.15, 0.2) is 0 Å². The molecule has 1 amide bonds. The lowest BCUT2D eigenvalue weighted by molar-refractivity contribution is 0.0155. The first-order valence-corrected chi connectivity index (χ1v) is 7.17. The zero-order valence-corrected chi connectivity index (χ0v) is 12.5. The summed E-state index contributed by atoms with van der Waals surface area (Å²) in [5.41, 5.74) is -0.523. The fourth-order valence-corrected chi connectivity index (χ4v) is 2.95. The van der Waals surface area contributed by atoms with Crippen LogP contribution in [0.1, 0.15) is 36.0 Å². The Morgan fingerprint density at radius 2 is 2.05 bits per heavy atom. The molecule has 1 saturated carbocycles. The van der Waals surface area contributed by atoms with Crippen LogP contribution in [-0.4, -0.2) is 40.2 Å². The minimum absolute atomic E-state index is 0.0431. The summed E-state index contributed by atoms with van der Waals surface area (Å²) in [4.78, 5) is 13.8. The van der Waals surface area contributed by atoms with Gasteiger partial charge in [0.1, 0.15) is 5.75 Å². The van der Waals surface area contributed by atoms with E-state index in [-0.39, 0.29) is 17.2 Å². The Morgan fingerprint density at radius 3 is 2.68 bits per heavy atom. The van der Waals surface area contributed by atoms with Gasteiger partial charge in [0, 0.05) is 18.1 Å². The highest BCUT2D eigenvalue weighted by Gasteiger charge is 2.33. The number of carbonyl (C=O) groups excluding carboxylic acids is 1. The van der Waals surface area contributed by atoms with Crippen LogP contribution in [0.3, 0.4) is 0 Å². The maximum absolute atomic E-state index is 12.3. The minimum atomic E-state index is -0.772. The van der Waals surface area contributed by atoms with Gasteiger partial charge in [-0.25, -0.2) is 0 Å². The van der Waals surface area contributed by atoms with Crippen LogP contribution >= 0.6 is 15.9 Å². The lowest BCUT2D eigenvalue weighted by Crippen LogP contribution is -2.42. The molecule has 4 nitrogen and oxygen atoms in total. The third-order valence-electron chi connectivity index (χ3n) is 3.60. The average molecular weight is 328 g/mol. The highest BCUT2D eigenvalue weighted by molar-refractivity contribution is 9.10. The maximum atomic E-state index is 12.3. The third kappa shape index (κ3) is 3.28. The zero-order valence-electron chi connectivity index (χ0n) is 10.9. The van der Waals surface area contributed by atoms with Gasteiger partial charge in [-0.05, 0) is 31.0 Å². The largest absolute Gasteiger partial charge is 0.507 e. The number of nitrogens with zero attached hydrogens (tertiary/aromatic N) is 1. The van der Waals surface area contributed by atoms with Crippen LogP contribution in [0.25, 0.3) is 0 Å². The summed E-state index contributed by atoms with van der Waals surface area (Å²) < 4.78 is 0.738. The molecule has 104 valence electrons. The van der Waals surface area contributed by atoms with Gasteiger partial charge in [0.2, 0.25) is 0 Å². The molecule has 0 heterocycles. The normalized spacial score (nSPS) is 17.4. The van der Waals surface area contributed by atoms with Crippen molar-refractivity contribution < 1.29 is 15.0 Å². The van der Waals surface area contributed by atoms with Crippen molar-refractivity contribution in [2.24, 2.45) is 0 Å². The predicted molar refractivity (Wildman–Crippen MR) is 76.2 cm³/mol. The number of halogens is 1. The fourth-order valence-electron chi connectivity index (χ4n) is 2.59. The SMILES string of the molecule is CN(CC1(O)CCCC1)C(=O)c1cc(Br)ccc1O. The van der Waals surface area contributed by atoms with Gasteiger partial charge in [-0.15, -0.1) is 0 Å². The Morgan fingerprint density at radius 1 is 1.42 bits per heavy atom. The topological polar surface area (TPSA) is 60.8 Å². The molecule has 0 radical (unpaired) electrons. The Kier molecular flexibility index (Phi) is 4.16. The van der Waals surface area contributed by atoms with E-state index < -0.39 is 5.60 Å². The molecule has 0 unspecified atom stereocenters. The number of phenolic OH excluding ortho intramolecular Hbond substituents is 1. The lowest BCUT2D eigenvalue weighted by atomic mass is 10.0. The fraction of sp³-hybridized carbons (Fsp3) is 0.500. The second-order valence-corrected chi connectivity index (χ2v) is 6.17. The number of carbonyl (C=O) groups is 1. The molecule has 0 bridgehead atoms. The standard InChI is InChI=1S/C14H18BrNO3/c1-16(9-14(19)6-2-3-7-14)13(18)11-8-10(15)4-5-12(11)17/h4-5,8,17,19H,2-3,6-7,9H2,1H3. The van der Waals surface area contributed by atoms with E-state index in [9.17, 15) is 15.0 Å². The number of hydrogen-bond donors (Lipinski definition) is 2. The van der Waals surface area contributed by atoms with Crippen molar-refractivity contribution in [1.29, 1.82) is 0 Å². The van der Waals surface area contributed by atoms with Crippen LogP contribution in [0.15, 0.2) is 22.7 Å². The highest BCUT2D eigenvalue weighted by atomic mass is 79.9. The summed E-state index contributed by atoms with van der Waals surface area (Å²) >= 11 is 3.28. The van der Waals surface area contributed by atoms with E-state index in [0.29, 0.717) is 6.54 Å². The number of likely N-dealkylation sites (N-methyl/N-ethyl adjacent to an activating group) is 1. The summed E-state index contributed by atoms with van der Waals surface area (Å²) in [5, 5.41) is 20.1. The van der Waals surface area contributed by atoms with Crippen LogP contribution in [-0.2, 0) is 0 Å². The molecule has 1 aromatic carbocycles. The number of phenols is 1. The number of hydrogen-bond acceptors (Lipinski definition) is 3. The summed E-state index contributed by atoms with van der Waals surface area (Å²) in [6.07, 6.45) is 3.46. The second kappa shape index (κ2) is 5.51. The Labute approximate surface area is 121 Å². The number of aromatic hydroxyl groups is 1. The molecule has 1 aliphatic carbocycles. The Balaban J connectivity index is 2.12. The second-order valence-electron chi connectivity index (χ2n) is 5.25. The van der Waals surface area contributed by atoms with Crippen molar-refractivity contribution in [2.75, 3.05) is 13.6 Å². The number of aliphatic hydroxyl groups is 1. The van der Waals surface area contributed by atoms with E-state index in [1.54, 1.807) is 19.2 Å². The van der Waals surface area contributed by atoms with Crippen LogP contribution in [0.4, 0.5) is 0 Å².